The molecule has 34 heavy (non-hydrogen) atoms. The molecule has 1 aliphatic carbocycles. The highest BCUT2D eigenvalue weighted by Crippen LogP contribution is 2.56. The van der Waals surface area contributed by atoms with E-state index in [-0.39, 0.29) is 30.6 Å². The lowest BCUT2D eigenvalue weighted by Gasteiger charge is -2.38. The highest BCUT2D eigenvalue weighted by Gasteiger charge is 2.54. The van der Waals surface area contributed by atoms with Crippen molar-refractivity contribution >= 4 is 11.9 Å². The Morgan fingerprint density at radius 1 is 1.03 bits per heavy atom. The Kier molecular flexibility index (Phi) is 5.47. The first-order valence-electron chi connectivity index (χ1n) is 10.8. The van der Waals surface area contributed by atoms with E-state index < -0.39 is 35.8 Å². The van der Waals surface area contributed by atoms with E-state index in [2.05, 4.69) is 0 Å². The summed E-state index contributed by atoms with van der Waals surface area (Å²) in [6.45, 7) is 1.90. The molecule has 0 saturated carbocycles. The third kappa shape index (κ3) is 3.39. The van der Waals surface area contributed by atoms with Crippen molar-refractivity contribution in [3.05, 3.63) is 53.1 Å². The van der Waals surface area contributed by atoms with Gasteiger partial charge in [-0.3, -0.25) is 4.79 Å². The summed E-state index contributed by atoms with van der Waals surface area (Å²) < 4.78 is 33.2. The summed E-state index contributed by atoms with van der Waals surface area (Å²) in [5.41, 5.74) is 2.12. The second-order valence-corrected chi connectivity index (χ2v) is 8.26. The predicted molar refractivity (Wildman–Crippen MR) is 117 cm³/mol. The van der Waals surface area contributed by atoms with Gasteiger partial charge in [0.05, 0.1) is 26.7 Å². The molecule has 2 aliphatic heterocycles. The summed E-state index contributed by atoms with van der Waals surface area (Å²) in [5, 5.41) is 10.4. The number of carbonyl (C=O) groups is 2. The quantitative estimate of drug-likeness (QED) is 0.522. The molecule has 0 amide bonds. The molecule has 3 aliphatic rings. The summed E-state index contributed by atoms with van der Waals surface area (Å²) in [5.74, 6) is -1.12. The number of benzene rings is 2. The average molecular weight is 468 g/mol. The van der Waals surface area contributed by atoms with Gasteiger partial charge in [0.15, 0.2) is 23.0 Å². The van der Waals surface area contributed by atoms with E-state index in [0.717, 1.165) is 5.56 Å². The molecule has 9 nitrogen and oxygen atoms in total. The first kappa shape index (κ1) is 21.9. The fourth-order valence-electron chi connectivity index (χ4n) is 5.06. The van der Waals surface area contributed by atoms with Crippen LogP contribution < -0.4 is 18.9 Å². The van der Waals surface area contributed by atoms with Crippen LogP contribution in [0.3, 0.4) is 0 Å². The minimum Gasteiger partial charge on any atom is -0.502 e. The van der Waals surface area contributed by atoms with E-state index in [4.69, 9.17) is 28.4 Å². The Hall–Kier alpha value is -3.88. The van der Waals surface area contributed by atoms with Gasteiger partial charge in [0.25, 0.3) is 0 Å². The lowest BCUT2D eigenvalue weighted by atomic mass is 9.66. The van der Waals surface area contributed by atoms with Crippen molar-refractivity contribution in [3.63, 3.8) is 0 Å². The number of fused-ring (bicyclic) bond motifs is 3. The van der Waals surface area contributed by atoms with Crippen molar-refractivity contribution in [2.75, 3.05) is 27.6 Å². The van der Waals surface area contributed by atoms with Crippen LogP contribution in [0.5, 0.6) is 28.7 Å². The molecule has 0 aromatic heterocycles. The molecule has 1 N–H and O–H groups in total. The molecule has 0 unspecified atom stereocenters. The van der Waals surface area contributed by atoms with E-state index in [9.17, 15) is 14.7 Å². The Labute approximate surface area is 195 Å². The predicted octanol–water partition coefficient (Wildman–Crippen LogP) is 3.23. The summed E-state index contributed by atoms with van der Waals surface area (Å²) in [6, 6.07) is 6.95. The Bertz CT molecular complexity index is 1160. The Balaban J connectivity index is 1.72. The first-order valence-corrected chi connectivity index (χ1v) is 10.8. The molecule has 1 saturated heterocycles. The number of aromatic hydroxyl groups is 1. The van der Waals surface area contributed by atoms with Crippen LogP contribution in [0.2, 0.25) is 0 Å². The van der Waals surface area contributed by atoms with Crippen molar-refractivity contribution in [2.45, 2.75) is 18.9 Å². The maximum Gasteiger partial charge on any atom is 0.331 e. The fraction of sp³-hybridized carbons (Fsp3) is 0.360. The van der Waals surface area contributed by atoms with Crippen LogP contribution in [-0.2, 0) is 19.1 Å². The van der Waals surface area contributed by atoms with Crippen molar-refractivity contribution < 1.29 is 43.1 Å². The van der Waals surface area contributed by atoms with Gasteiger partial charge in [0.2, 0.25) is 12.5 Å². The zero-order valence-corrected chi connectivity index (χ0v) is 18.9. The van der Waals surface area contributed by atoms with E-state index in [1.165, 1.54) is 20.3 Å². The zero-order chi connectivity index (χ0) is 24.0. The fourth-order valence-corrected chi connectivity index (χ4v) is 5.06. The summed E-state index contributed by atoms with van der Waals surface area (Å²) in [6.07, 6.45) is 2.21. The Morgan fingerprint density at radius 3 is 2.29 bits per heavy atom. The molecule has 178 valence electrons. The van der Waals surface area contributed by atoms with Gasteiger partial charge >= 0.3 is 11.9 Å². The van der Waals surface area contributed by atoms with Gasteiger partial charge in [-0.1, -0.05) is 6.08 Å². The number of hydrogen-bond donors (Lipinski definition) is 1. The maximum absolute atomic E-state index is 13.0. The summed E-state index contributed by atoms with van der Waals surface area (Å²) in [4.78, 5) is 25.5. The van der Waals surface area contributed by atoms with Crippen molar-refractivity contribution in [3.8, 4) is 28.7 Å². The van der Waals surface area contributed by atoms with Gasteiger partial charge < -0.3 is 33.5 Å². The molecule has 1 fully saturated rings. The third-order valence-electron chi connectivity index (χ3n) is 6.53. The number of phenols is 1. The van der Waals surface area contributed by atoms with Crippen LogP contribution in [0.25, 0.3) is 0 Å². The number of methoxy groups -OCH3 is 2. The van der Waals surface area contributed by atoms with Crippen LogP contribution in [0, 0.1) is 11.8 Å². The molecule has 0 radical (unpaired) electrons. The zero-order valence-electron chi connectivity index (χ0n) is 18.9. The first-order chi connectivity index (χ1) is 16.5. The average Bonchev–Trinajstić information content (AvgIpc) is 3.45. The van der Waals surface area contributed by atoms with Crippen LogP contribution in [0.4, 0.5) is 0 Å². The van der Waals surface area contributed by atoms with Crippen LogP contribution >= 0.6 is 0 Å². The molecule has 5 rings (SSSR count). The number of phenolic OH excluding ortho intramolecular Hbond substituents is 1. The lowest BCUT2D eigenvalue weighted by molar-refractivity contribution is -0.148. The van der Waals surface area contributed by atoms with Crippen molar-refractivity contribution in [2.24, 2.45) is 11.8 Å². The van der Waals surface area contributed by atoms with E-state index in [1.807, 2.05) is 6.07 Å². The van der Waals surface area contributed by atoms with Gasteiger partial charge in [-0.15, -0.1) is 0 Å². The number of carbonyl (C=O) groups excluding carboxylic acids is 2. The van der Waals surface area contributed by atoms with Crippen molar-refractivity contribution in [1.29, 1.82) is 0 Å². The lowest BCUT2D eigenvalue weighted by Crippen LogP contribution is -2.36. The largest absolute Gasteiger partial charge is 0.502 e. The van der Waals surface area contributed by atoms with Gasteiger partial charge in [0.1, 0.15) is 6.10 Å². The smallest absolute Gasteiger partial charge is 0.331 e. The topological polar surface area (TPSA) is 110 Å². The number of hydrogen-bond acceptors (Lipinski definition) is 9. The van der Waals surface area contributed by atoms with Crippen LogP contribution in [0.1, 0.15) is 35.6 Å². The summed E-state index contributed by atoms with van der Waals surface area (Å²) >= 11 is 0. The standard InChI is InChI=1S/C25H24O9/c1-4-5-20(26)34-24-14-9-17-16(32-11-33-17)8-13(14)21(22-15(24)10-31-25(22)28)12-6-18(29-2)23(27)19(7-12)30-3/h4-9,15,21-22,24,27H,10-11H2,1-3H3/b5-4-/t15-,21+,22-,24+/m0/s1. The van der Waals surface area contributed by atoms with Crippen molar-refractivity contribution in [1.82, 2.24) is 0 Å². The number of ether oxygens (including phenoxy) is 6. The monoisotopic (exact) mass is 468 g/mol. The highest BCUT2D eigenvalue weighted by molar-refractivity contribution is 5.83. The second-order valence-electron chi connectivity index (χ2n) is 8.26. The minimum atomic E-state index is -0.721. The second kappa shape index (κ2) is 8.48. The van der Waals surface area contributed by atoms with Gasteiger partial charge in [0, 0.05) is 23.5 Å². The molecule has 2 heterocycles. The summed E-state index contributed by atoms with van der Waals surface area (Å²) in [7, 11) is 2.88. The van der Waals surface area contributed by atoms with E-state index in [1.54, 1.807) is 31.2 Å². The molecule has 0 bridgehead atoms. The third-order valence-corrected chi connectivity index (χ3v) is 6.53. The molecule has 4 atom stereocenters. The van der Waals surface area contributed by atoms with Crippen LogP contribution in [0.15, 0.2) is 36.4 Å². The molecule has 0 spiro atoms. The molecule has 2 aromatic carbocycles. The van der Waals surface area contributed by atoms with Gasteiger partial charge in [-0.05, 0) is 42.3 Å². The normalized spacial score (nSPS) is 24.4. The number of cyclic esters (lactones) is 1. The van der Waals surface area contributed by atoms with E-state index in [0.29, 0.717) is 22.6 Å². The van der Waals surface area contributed by atoms with Gasteiger partial charge in [-0.25, -0.2) is 4.79 Å². The van der Waals surface area contributed by atoms with E-state index >= 15 is 0 Å². The number of rotatable bonds is 5. The molecule has 9 heteroatoms. The molecule has 2 aromatic rings. The molecular weight excluding hydrogens is 444 g/mol. The maximum atomic E-state index is 13.0. The van der Waals surface area contributed by atoms with Gasteiger partial charge in [-0.2, -0.15) is 0 Å². The van der Waals surface area contributed by atoms with Crippen LogP contribution in [-0.4, -0.2) is 44.7 Å². The number of allylic oxidation sites excluding steroid dienone is 1. The number of esters is 2. The highest BCUT2D eigenvalue weighted by atomic mass is 16.7. The SMILES string of the molecule is C/C=C\C(=O)O[C@@H]1c2cc3c(cc2[C@@H](c2cc(OC)c(O)c(OC)c2)[C@H]2C(=O)OC[C@@H]21)OCO3. The minimum absolute atomic E-state index is 0.0711. The Morgan fingerprint density at radius 2 is 1.68 bits per heavy atom. The molecular formula is C25H24O9.